The highest BCUT2D eigenvalue weighted by atomic mass is 16.6. The standard InChI is InChI=1S/C26H26N2O5/c1-16-22(25(30)33-15-17-7-5-4-6-8-17)23(18-9-11-19(12-10-18)28(31)32)24-20(27-16)13-26(2,3)14-21(24)29/h4-12,23-24H,13-15H2,1-3H3. The van der Waals surface area contributed by atoms with Crippen LogP contribution >= 0.6 is 0 Å². The lowest BCUT2D eigenvalue weighted by molar-refractivity contribution is -0.384. The minimum Gasteiger partial charge on any atom is -0.457 e. The Balaban J connectivity index is 1.74. The first-order valence-corrected chi connectivity index (χ1v) is 10.9. The first kappa shape index (κ1) is 22.6. The molecular formula is C26H26N2O5. The minimum absolute atomic E-state index is 0.0224. The van der Waals surface area contributed by atoms with Crippen molar-refractivity contribution in [3.05, 3.63) is 87.1 Å². The van der Waals surface area contributed by atoms with Crippen LogP contribution in [0.5, 0.6) is 0 Å². The van der Waals surface area contributed by atoms with Crippen molar-refractivity contribution in [1.82, 2.24) is 0 Å². The summed E-state index contributed by atoms with van der Waals surface area (Å²) in [5.74, 6) is -1.68. The van der Waals surface area contributed by atoms with Gasteiger partial charge in [-0.2, -0.15) is 0 Å². The number of ketones is 1. The summed E-state index contributed by atoms with van der Waals surface area (Å²) in [6.45, 7) is 5.93. The van der Waals surface area contributed by atoms with Crippen LogP contribution in [0.1, 0.15) is 50.7 Å². The number of hydrogen-bond donors (Lipinski definition) is 0. The highest BCUT2D eigenvalue weighted by molar-refractivity contribution is 6.12. The SMILES string of the molecule is CC1=C(C(=O)OCc2ccccc2)C(c2ccc([N+](=O)[O-])cc2)C2C(=O)CC(C)(C)CC2=N1. The van der Waals surface area contributed by atoms with Gasteiger partial charge in [0.1, 0.15) is 12.4 Å². The first-order chi connectivity index (χ1) is 15.7. The Bertz CT molecular complexity index is 1160. The van der Waals surface area contributed by atoms with Gasteiger partial charge in [0.15, 0.2) is 0 Å². The zero-order valence-corrected chi connectivity index (χ0v) is 18.9. The molecule has 0 N–H and O–H groups in total. The number of carbonyl (C=O) groups is 2. The zero-order valence-electron chi connectivity index (χ0n) is 18.9. The van der Waals surface area contributed by atoms with Gasteiger partial charge in [0.25, 0.3) is 5.69 Å². The number of allylic oxidation sites excluding steroid dienone is 1. The number of fused-ring (bicyclic) bond motifs is 1. The minimum atomic E-state index is -0.592. The van der Waals surface area contributed by atoms with Crippen LogP contribution in [0, 0.1) is 21.4 Å². The van der Waals surface area contributed by atoms with Crippen molar-refractivity contribution in [3.63, 3.8) is 0 Å². The van der Waals surface area contributed by atoms with Crippen LogP contribution in [0.3, 0.4) is 0 Å². The molecule has 33 heavy (non-hydrogen) atoms. The summed E-state index contributed by atoms with van der Waals surface area (Å²) in [6.07, 6.45) is 1.03. The van der Waals surface area contributed by atoms with Crippen LogP contribution in [0.15, 0.2) is 70.9 Å². The van der Waals surface area contributed by atoms with E-state index in [-0.39, 0.29) is 23.5 Å². The van der Waals surface area contributed by atoms with Gasteiger partial charge in [-0.3, -0.25) is 19.9 Å². The van der Waals surface area contributed by atoms with Crippen LogP contribution in [0.25, 0.3) is 0 Å². The van der Waals surface area contributed by atoms with Crippen LogP contribution in [-0.2, 0) is 20.9 Å². The highest BCUT2D eigenvalue weighted by Gasteiger charge is 2.47. The summed E-state index contributed by atoms with van der Waals surface area (Å²) in [4.78, 5) is 41.9. The van der Waals surface area contributed by atoms with Crippen molar-refractivity contribution in [2.75, 3.05) is 0 Å². The summed E-state index contributed by atoms with van der Waals surface area (Å²) < 4.78 is 5.62. The van der Waals surface area contributed by atoms with E-state index in [1.807, 2.05) is 44.2 Å². The number of ether oxygens (including phenoxy) is 1. The van der Waals surface area contributed by atoms with Gasteiger partial charge in [-0.1, -0.05) is 56.3 Å². The third kappa shape index (κ3) is 4.62. The molecule has 2 aromatic carbocycles. The van der Waals surface area contributed by atoms with Gasteiger partial charge in [0, 0.05) is 35.9 Å². The molecule has 2 aromatic rings. The number of benzene rings is 2. The van der Waals surface area contributed by atoms with E-state index in [0.717, 1.165) is 11.3 Å². The number of nitro groups is 1. The molecule has 7 nitrogen and oxygen atoms in total. The van der Waals surface area contributed by atoms with Gasteiger partial charge in [-0.05, 0) is 29.9 Å². The maximum atomic E-state index is 13.3. The summed E-state index contributed by atoms with van der Waals surface area (Å²) >= 11 is 0. The molecule has 0 saturated heterocycles. The molecule has 2 aliphatic rings. The van der Waals surface area contributed by atoms with E-state index >= 15 is 0 Å². The predicted molar refractivity (Wildman–Crippen MR) is 124 cm³/mol. The first-order valence-electron chi connectivity index (χ1n) is 10.9. The third-order valence-corrected chi connectivity index (χ3v) is 6.26. The molecule has 1 aliphatic heterocycles. The number of nitrogens with zero attached hydrogens (tertiary/aromatic N) is 2. The van der Waals surface area contributed by atoms with E-state index in [1.165, 1.54) is 12.1 Å². The van der Waals surface area contributed by atoms with Crippen molar-refractivity contribution in [2.45, 2.75) is 46.1 Å². The molecule has 0 aromatic heterocycles. The Hall–Kier alpha value is -3.61. The molecule has 1 heterocycles. The van der Waals surface area contributed by atoms with Crippen molar-refractivity contribution < 1.29 is 19.2 Å². The number of carbonyl (C=O) groups excluding carboxylic acids is 2. The smallest absolute Gasteiger partial charge is 0.336 e. The molecule has 1 aliphatic carbocycles. The summed E-state index contributed by atoms with van der Waals surface area (Å²) in [6, 6.07) is 15.4. The van der Waals surface area contributed by atoms with E-state index < -0.39 is 22.7 Å². The lowest BCUT2D eigenvalue weighted by atomic mass is 9.63. The quantitative estimate of drug-likeness (QED) is 0.359. The summed E-state index contributed by atoms with van der Waals surface area (Å²) in [5.41, 5.74) is 2.88. The van der Waals surface area contributed by atoms with Gasteiger partial charge >= 0.3 is 5.97 Å². The van der Waals surface area contributed by atoms with Crippen molar-refractivity contribution in [1.29, 1.82) is 0 Å². The van der Waals surface area contributed by atoms with Crippen molar-refractivity contribution in [3.8, 4) is 0 Å². The van der Waals surface area contributed by atoms with Gasteiger partial charge in [-0.25, -0.2) is 4.79 Å². The number of nitro benzene ring substituents is 1. The van der Waals surface area contributed by atoms with E-state index in [9.17, 15) is 19.7 Å². The van der Waals surface area contributed by atoms with Crippen LogP contribution in [-0.4, -0.2) is 22.4 Å². The predicted octanol–water partition coefficient (Wildman–Crippen LogP) is 5.16. The summed E-state index contributed by atoms with van der Waals surface area (Å²) in [7, 11) is 0. The second-order valence-corrected chi connectivity index (χ2v) is 9.45. The van der Waals surface area contributed by atoms with E-state index in [4.69, 9.17) is 9.73 Å². The highest BCUT2D eigenvalue weighted by Crippen LogP contribution is 2.47. The number of non-ortho nitro benzene ring substituents is 1. The largest absolute Gasteiger partial charge is 0.457 e. The number of Topliss-reactive ketones (excluding diaryl/α,β-unsaturated/α-hetero) is 1. The molecule has 0 bridgehead atoms. The lowest BCUT2D eigenvalue weighted by Crippen LogP contribution is -2.44. The number of esters is 1. The third-order valence-electron chi connectivity index (χ3n) is 6.26. The maximum Gasteiger partial charge on any atom is 0.336 e. The van der Waals surface area contributed by atoms with E-state index in [2.05, 4.69) is 0 Å². The summed E-state index contributed by atoms with van der Waals surface area (Å²) in [5, 5.41) is 11.1. The Labute approximate surface area is 192 Å². The Morgan fingerprint density at radius 2 is 1.76 bits per heavy atom. The fraction of sp³-hybridized carbons (Fsp3) is 0.346. The van der Waals surface area contributed by atoms with Gasteiger partial charge < -0.3 is 4.74 Å². The maximum absolute atomic E-state index is 13.3. The fourth-order valence-electron chi connectivity index (χ4n) is 4.82. The second kappa shape index (κ2) is 8.73. The van der Waals surface area contributed by atoms with Gasteiger partial charge in [0.2, 0.25) is 0 Å². The van der Waals surface area contributed by atoms with Crippen LogP contribution in [0.2, 0.25) is 0 Å². The Morgan fingerprint density at radius 3 is 2.39 bits per heavy atom. The Kier molecular flexibility index (Phi) is 5.97. The van der Waals surface area contributed by atoms with Crippen LogP contribution < -0.4 is 0 Å². The van der Waals surface area contributed by atoms with E-state index in [1.54, 1.807) is 19.1 Å². The second-order valence-electron chi connectivity index (χ2n) is 9.45. The lowest BCUT2D eigenvalue weighted by Gasteiger charge is -2.41. The molecule has 0 radical (unpaired) electrons. The molecule has 4 rings (SSSR count). The molecule has 0 amide bonds. The molecular weight excluding hydrogens is 420 g/mol. The zero-order chi connectivity index (χ0) is 23.8. The average molecular weight is 447 g/mol. The average Bonchev–Trinajstić information content (AvgIpc) is 2.76. The molecule has 1 saturated carbocycles. The van der Waals surface area contributed by atoms with Crippen molar-refractivity contribution >= 4 is 23.2 Å². The number of aliphatic imine (C=N–C) groups is 1. The normalized spacial score (nSPS) is 21.8. The Morgan fingerprint density at radius 1 is 1.09 bits per heavy atom. The molecule has 170 valence electrons. The molecule has 0 spiro atoms. The number of hydrogen-bond acceptors (Lipinski definition) is 6. The van der Waals surface area contributed by atoms with E-state index in [0.29, 0.717) is 29.7 Å². The van der Waals surface area contributed by atoms with Crippen molar-refractivity contribution in [2.24, 2.45) is 16.3 Å². The van der Waals surface area contributed by atoms with Gasteiger partial charge in [0.05, 0.1) is 16.4 Å². The molecule has 1 fully saturated rings. The monoisotopic (exact) mass is 446 g/mol. The fourth-order valence-corrected chi connectivity index (χ4v) is 4.82. The molecule has 2 atom stereocenters. The van der Waals surface area contributed by atoms with Gasteiger partial charge in [-0.15, -0.1) is 0 Å². The molecule has 2 unspecified atom stereocenters. The van der Waals surface area contributed by atoms with Crippen LogP contribution in [0.4, 0.5) is 5.69 Å². The topological polar surface area (TPSA) is 98.9 Å². The molecule has 7 heteroatoms. The number of rotatable bonds is 5.